The Morgan fingerprint density at radius 1 is 1.14 bits per heavy atom. The monoisotopic (exact) mass is 294 g/mol. The fourth-order valence-corrected chi connectivity index (χ4v) is 1.74. The predicted octanol–water partition coefficient (Wildman–Crippen LogP) is 3.07. The second-order valence-corrected chi connectivity index (χ2v) is 4.41. The van der Waals surface area contributed by atoms with Crippen LogP contribution >= 0.6 is 0 Å². The number of methoxy groups -OCH3 is 3. The zero-order chi connectivity index (χ0) is 15.8. The molecular weight excluding hydrogens is 272 g/mol. The van der Waals surface area contributed by atoms with Gasteiger partial charge in [0.25, 0.3) is 0 Å². The van der Waals surface area contributed by atoms with Gasteiger partial charge in [-0.2, -0.15) is 0 Å². The first-order valence-electron chi connectivity index (χ1n) is 6.75. The molecular formula is C16H22O5. The van der Waals surface area contributed by atoms with Crippen LogP contribution in [-0.2, 0) is 9.53 Å². The zero-order valence-corrected chi connectivity index (χ0v) is 13.1. The van der Waals surface area contributed by atoms with Crippen LogP contribution < -0.4 is 14.2 Å². The molecule has 116 valence electrons. The predicted molar refractivity (Wildman–Crippen MR) is 81.0 cm³/mol. The van der Waals surface area contributed by atoms with E-state index in [9.17, 15) is 4.79 Å². The Morgan fingerprint density at radius 2 is 1.76 bits per heavy atom. The molecule has 0 aliphatic rings. The first-order valence-corrected chi connectivity index (χ1v) is 6.75. The van der Waals surface area contributed by atoms with Gasteiger partial charge < -0.3 is 18.9 Å². The van der Waals surface area contributed by atoms with E-state index < -0.39 is 5.97 Å². The first kappa shape index (κ1) is 16.9. The molecule has 0 spiro atoms. The Morgan fingerprint density at radius 3 is 2.29 bits per heavy atom. The molecule has 0 aliphatic heterocycles. The van der Waals surface area contributed by atoms with E-state index in [1.54, 1.807) is 32.4 Å². The van der Waals surface area contributed by atoms with Crippen LogP contribution in [0.25, 0.3) is 6.08 Å². The standard InChI is InChI=1S/C16H22O5/c1-6-11(2)21-15(17)10-7-12-13(18-3)8-9-14(19-4)16(12)20-5/h7-11H,6H2,1-5H3. The van der Waals surface area contributed by atoms with Crippen LogP contribution in [0.4, 0.5) is 0 Å². The maximum absolute atomic E-state index is 11.7. The molecule has 5 heteroatoms. The lowest BCUT2D eigenvalue weighted by Crippen LogP contribution is -2.11. The summed E-state index contributed by atoms with van der Waals surface area (Å²) in [5, 5.41) is 0. The normalized spacial score (nSPS) is 12.0. The van der Waals surface area contributed by atoms with Crippen molar-refractivity contribution in [2.75, 3.05) is 21.3 Å². The third kappa shape index (κ3) is 4.41. The molecule has 1 unspecified atom stereocenters. The number of esters is 1. The largest absolute Gasteiger partial charge is 0.496 e. The van der Waals surface area contributed by atoms with E-state index in [0.29, 0.717) is 22.8 Å². The van der Waals surface area contributed by atoms with Crippen molar-refractivity contribution in [3.05, 3.63) is 23.8 Å². The van der Waals surface area contributed by atoms with Crippen molar-refractivity contribution < 1.29 is 23.7 Å². The second-order valence-electron chi connectivity index (χ2n) is 4.41. The van der Waals surface area contributed by atoms with Crippen LogP contribution in [-0.4, -0.2) is 33.4 Å². The number of benzene rings is 1. The lowest BCUT2D eigenvalue weighted by molar-refractivity contribution is -0.142. The van der Waals surface area contributed by atoms with Crippen molar-refractivity contribution in [2.45, 2.75) is 26.4 Å². The summed E-state index contributed by atoms with van der Waals surface area (Å²) in [5.41, 5.74) is 0.625. The van der Waals surface area contributed by atoms with Gasteiger partial charge in [-0.25, -0.2) is 4.79 Å². The van der Waals surface area contributed by atoms with Gasteiger partial charge in [0.1, 0.15) is 5.75 Å². The summed E-state index contributed by atoms with van der Waals surface area (Å²) < 4.78 is 21.0. The fraction of sp³-hybridized carbons (Fsp3) is 0.438. The van der Waals surface area contributed by atoms with E-state index in [0.717, 1.165) is 6.42 Å². The van der Waals surface area contributed by atoms with Crippen molar-refractivity contribution in [1.29, 1.82) is 0 Å². The SMILES string of the molecule is CCC(C)OC(=O)C=Cc1c(OC)ccc(OC)c1OC. The van der Waals surface area contributed by atoms with E-state index in [1.807, 2.05) is 13.8 Å². The average molecular weight is 294 g/mol. The van der Waals surface area contributed by atoms with E-state index >= 15 is 0 Å². The first-order chi connectivity index (χ1) is 10.1. The van der Waals surface area contributed by atoms with E-state index in [-0.39, 0.29) is 6.10 Å². The van der Waals surface area contributed by atoms with Gasteiger partial charge in [0.15, 0.2) is 11.5 Å². The van der Waals surface area contributed by atoms with E-state index in [1.165, 1.54) is 13.2 Å². The minimum Gasteiger partial charge on any atom is -0.496 e. The quantitative estimate of drug-likeness (QED) is 0.571. The highest BCUT2D eigenvalue weighted by Gasteiger charge is 2.14. The van der Waals surface area contributed by atoms with Gasteiger partial charge >= 0.3 is 5.97 Å². The summed E-state index contributed by atoms with van der Waals surface area (Å²) >= 11 is 0. The Kier molecular flexibility index (Phi) is 6.59. The molecule has 0 aliphatic carbocycles. The van der Waals surface area contributed by atoms with Gasteiger partial charge in [-0.15, -0.1) is 0 Å². The molecule has 0 saturated heterocycles. The zero-order valence-electron chi connectivity index (χ0n) is 13.1. The topological polar surface area (TPSA) is 54.0 Å². The van der Waals surface area contributed by atoms with Crippen LogP contribution in [0.2, 0.25) is 0 Å². The highest BCUT2D eigenvalue weighted by Crippen LogP contribution is 2.38. The van der Waals surface area contributed by atoms with Gasteiger partial charge in [-0.05, 0) is 31.6 Å². The molecule has 0 radical (unpaired) electrons. The number of carbonyl (C=O) groups is 1. The second kappa shape index (κ2) is 8.19. The van der Waals surface area contributed by atoms with Crippen LogP contribution in [0.3, 0.4) is 0 Å². The number of rotatable bonds is 7. The third-order valence-corrected chi connectivity index (χ3v) is 3.04. The molecule has 1 rings (SSSR count). The molecule has 0 amide bonds. The lowest BCUT2D eigenvalue weighted by Gasteiger charge is -2.14. The number of hydrogen-bond donors (Lipinski definition) is 0. The minimum absolute atomic E-state index is 0.115. The Hall–Kier alpha value is -2.17. The summed E-state index contributed by atoms with van der Waals surface area (Å²) in [4.78, 5) is 11.7. The van der Waals surface area contributed by atoms with Crippen molar-refractivity contribution in [3.63, 3.8) is 0 Å². The summed E-state index contributed by atoms with van der Waals surface area (Å²) in [5.74, 6) is 1.24. The molecule has 21 heavy (non-hydrogen) atoms. The lowest BCUT2D eigenvalue weighted by atomic mass is 10.1. The summed E-state index contributed by atoms with van der Waals surface area (Å²) in [7, 11) is 4.64. The molecule has 0 N–H and O–H groups in total. The number of hydrogen-bond acceptors (Lipinski definition) is 5. The van der Waals surface area contributed by atoms with Crippen LogP contribution in [0.1, 0.15) is 25.8 Å². The van der Waals surface area contributed by atoms with Crippen molar-refractivity contribution >= 4 is 12.0 Å². The maximum Gasteiger partial charge on any atom is 0.331 e. The molecule has 0 bridgehead atoms. The highest BCUT2D eigenvalue weighted by molar-refractivity contribution is 5.88. The molecule has 0 heterocycles. The molecule has 1 aromatic carbocycles. The third-order valence-electron chi connectivity index (χ3n) is 3.04. The van der Waals surface area contributed by atoms with E-state index in [4.69, 9.17) is 18.9 Å². The molecule has 0 aromatic heterocycles. The smallest absolute Gasteiger partial charge is 0.331 e. The van der Waals surface area contributed by atoms with Crippen LogP contribution in [0.15, 0.2) is 18.2 Å². The number of carbonyl (C=O) groups excluding carboxylic acids is 1. The average Bonchev–Trinajstić information content (AvgIpc) is 2.51. The van der Waals surface area contributed by atoms with Gasteiger partial charge in [-0.1, -0.05) is 6.92 Å². The Labute approximate surface area is 125 Å². The minimum atomic E-state index is -0.406. The number of ether oxygens (including phenoxy) is 4. The Balaban J connectivity index is 3.07. The van der Waals surface area contributed by atoms with Gasteiger partial charge in [-0.3, -0.25) is 0 Å². The highest BCUT2D eigenvalue weighted by atomic mass is 16.5. The molecule has 0 fully saturated rings. The van der Waals surface area contributed by atoms with Crippen molar-refractivity contribution in [1.82, 2.24) is 0 Å². The fourth-order valence-electron chi connectivity index (χ4n) is 1.74. The van der Waals surface area contributed by atoms with Gasteiger partial charge in [0, 0.05) is 6.08 Å². The van der Waals surface area contributed by atoms with Gasteiger partial charge in [0.05, 0.1) is 33.0 Å². The van der Waals surface area contributed by atoms with Crippen LogP contribution in [0.5, 0.6) is 17.2 Å². The summed E-state index contributed by atoms with van der Waals surface area (Å²) in [6, 6.07) is 3.49. The molecule has 1 aromatic rings. The van der Waals surface area contributed by atoms with Crippen molar-refractivity contribution in [3.8, 4) is 17.2 Å². The van der Waals surface area contributed by atoms with E-state index in [2.05, 4.69) is 0 Å². The Bertz CT molecular complexity index is 508. The van der Waals surface area contributed by atoms with Gasteiger partial charge in [0.2, 0.25) is 0 Å². The molecule has 1 atom stereocenters. The van der Waals surface area contributed by atoms with Crippen molar-refractivity contribution in [2.24, 2.45) is 0 Å². The summed E-state index contributed by atoms with van der Waals surface area (Å²) in [6.45, 7) is 3.80. The molecule has 0 saturated carbocycles. The van der Waals surface area contributed by atoms with Crippen LogP contribution in [0, 0.1) is 0 Å². The molecule has 5 nitrogen and oxygen atoms in total. The summed E-state index contributed by atoms with van der Waals surface area (Å²) in [6.07, 6.45) is 3.61. The maximum atomic E-state index is 11.7.